The van der Waals surface area contributed by atoms with E-state index in [1.165, 1.54) is 19.3 Å². The molecule has 0 radical (unpaired) electrons. The maximum atomic E-state index is 13.8. The van der Waals surface area contributed by atoms with E-state index in [4.69, 9.17) is 4.74 Å². The molecule has 0 aromatic heterocycles. The number of amides is 3. The third-order valence-corrected chi connectivity index (χ3v) is 8.99. The van der Waals surface area contributed by atoms with Gasteiger partial charge in [0.15, 0.2) is 0 Å². The summed E-state index contributed by atoms with van der Waals surface area (Å²) in [7, 11) is 0. The number of hydrogen-bond donors (Lipinski definition) is 1. The maximum absolute atomic E-state index is 13.8. The fraction of sp³-hybridized carbons (Fsp3) is 0.889. The van der Waals surface area contributed by atoms with E-state index in [9.17, 15) is 14.4 Å². The standard InChI is InChI=1S/C27H43N3O4/c1-26(2,3)34-25(33)30-9-4-6-21(16-30)23(31)28-22-7-5-8-29(17-22)24(32)27-13-18-10-19(14-27)12-20(11-18)15-27/h18-22H,4-17H2,1-3H3,(H,28,31)/t18?,19?,20?,21-,22+,27?/m1/s1. The average Bonchev–Trinajstić information content (AvgIpc) is 2.77. The van der Waals surface area contributed by atoms with E-state index >= 15 is 0 Å². The summed E-state index contributed by atoms with van der Waals surface area (Å²) < 4.78 is 5.51. The SMILES string of the molecule is CC(C)(C)OC(=O)N1CCC[C@@H](C(=O)N[C@H]2CCCN(C(=O)C34CC5CC(CC(C5)C3)C4)C2)C1. The van der Waals surface area contributed by atoms with Crippen LogP contribution in [0.1, 0.15) is 85.0 Å². The van der Waals surface area contributed by atoms with Crippen molar-refractivity contribution < 1.29 is 19.1 Å². The molecule has 1 N–H and O–H groups in total. The van der Waals surface area contributed by atoms with E-state index in [1.807, 2.05) is 20.8 Å². The summed E-state index contributed by atoms with van der Waals surface area (Å²) in [6.45, 7) is 8.08. The number of carbonyl (C=O) groups is 3. The molecule has 4 aliphatic carbocycles. The number of ether oxygens (including phenoxy) is 1. The molecule has 0 spiro atoms. The van der Waals surface area contributed by atoms with Gasteiger partial charge in [-0.1, -0.05) is 0 Å². The van der Waals surface area contributed by atoms with Crippen molar-refractivity contribution >= 4 is 17.9 Å². The first-order chi connectivity index (χ1) is 16.1. The number of nitrogens with one attached hydrogen (secondary N) is 1. The third-order valence-electron chi connectivity index (χ3n) is 8.99. The Kier molecular flexibility index (Phi) is 6.34. The predicted octanol–water partition coefficient (Wildman–Crippen LogP) is 3.96. The molecule has 6 aliphatic rings. The van der Waals surface area contributed by atoms with Crippen LogP contribution in [-0.2, 0) is 14.3 Å². The number of carbonyl (C=O) groups excluding carboxylic acids is 3. The highest BCUT2D eigenvalue weighted by Gasteiger charge is 2.55. The lowest BCUT2D eigenvalue weighted by Crippen LogP contribution is -2.58. The molecule has 2 saturated heterocycles. The summed E-state index contributed by atoms with van der Waals surface area (Å²) in [5.74, 6) is 2.45. The Morgan fingerprint density at radius 3 is 2.06 bits per heavy atom. The predicted molar refractivity (Wildman–Crippen MR) is 129 cm³/mol. The van der Waals surface area contributed by atoms with Gasteiger partial charge in [0.2, 0.25) is 11.8 Å². The van der Waals surface area contributed by atoms with Gasteiger partial charge in [-0.15, -0.1) is 0 Å². The van der Waals surface area contributed by atoms with Crippen LogP contribution in [0, 0.1) is 29.1 Å². The van der Waals surface area contributed by atoms with Crippen molar-refractivity contribution in [3.63, 3.8) is 0 Å². The fourth-order valence-electron chi connectivity index (χ4n) is 7.99. The van der Waals surface area contributed by atoms with Gasteiger partial charge in [0.1, 0.15) is 5.60 Å². The number of likely N-dealkylation sites (tertiary alicyclic amines) is 2. The van der Waals surface area contributed by atoms with Gasteiger partial charge >= 0.3 is 6.09 Å². The van der Waals surface area contributed by atoms with Gasteiger partial charge in [-0.25, -0.2) is 4.79 Å². The van der Waals surface area contributed by atoms with Gasteiger partial charge in [0, 0.05) is 32.2 Å². The zero-order chi connectivity index (χ0) is 24.1. The minimum Gasteiger partial charge on any atom is -0.444 e. The number of nitrogens with zero attached hydrogens (tertiary/aromatic N) is 2. The first-order valence-electron chi connectivity index (χ1n) is 13.7. The lowest BCUT2D eigenvalue weighted by Gasteiger charge is -2.57. The quantitative estimate of drug-likeness (QED) is 0.673. The van der Waals surface area contributed by atoms with E-state index in [0.717, 1.165) is 69.2 Å². The van der Waals surface area contributed by atoms with E-state index < -0.39 is 5.60 Å². The van der Waals surface area contributed by atoms with Gasteiger partial charge in [0.25, 0.3) is 0 Å². The van der Waals surface area contributed by atoms with E-state index in [1.54, 1.807) is 4.90 Å². The van der Waals surface area contributed by atoms with E-state index in [-0.39, 0.29) is 29.4 Å². The van der Waals surface area contributed by atoms with E-state index in [2.05, 4.69) is 10.2 Å². The Balaban J connectivity index is 1.16. The maximum Gasteiger partial charge on any atom is 0.410 e. The molecule has 2 aliphatic heterocycles. The third kappa shape index (κ3) is 4.94. The van der Waals surface area contributed by atoms with Crippen LogP contribution in [0.2, 0.25) is 0 Å². The monoisotopic (exact) mass is 473 g/mol. The Morgan fingerprint density at radius 1 is 0.853 bits per heavy atom. The van der Waals surface area contributed by atoms with Crippen LogP contribution < -0.4 is 5.32 Å². The number of rotatable bonds is 3. The molecule has 0 aromatic carbocycles. The highest BCUT2D eigenvalue weighted by molar-refractivity contribution is 5.84. The Morgan fingerprint density at radius 2 is 1.44 bits per heavy atom. The average molecular weight is 474 g/mol. The van der Waals surface area contributed by atoms with Crippen LogP contribution in [-0.4, -0.2) is 65.5 Å². The summed E-state index contributed by atoms with van der Waals surface area (Å²) in [5, 5.41) is 3.24. The molecule has 6 rings (SSSR count). The van der Waals surface area contributed by atoms with Crippen LogP contribution in [0.4, 0.5) is 4.79 Å². The molecular formula is C27H43N3O4. The van der Waals surface area contributed by atoms with Crippen molar-refractivity contribution in [2.24, 2.45) is 29.1 Å². The molecular weight excluding hydrogens is 430 g/mol. The highest BCUT2D eigenvalue weighted by Crippen LogP contribution is 2.60. The second-order valence-corrected chi connectivity index (χ2v) is 13.1. The van der Waals surface area contributed by atoms with Crippen LogP contribution in [0.25, 0.3) is 0 Å². The van der Waals surface area contributed by atoms with Gasteiger partial charge in [-0.05, 0) is 103 Å². The van der Waals surface area contributed by atoms with Crippen molar-refractivity contribution in [3.05, 3.63) is 0 Å². The van der Waals surface area contributed by atoms with Gasteiger partial charge in [-0.2, -0.15) is 0 Å². The molecule has 190 valence electrons. The molecule has 2 atom stereocenters. The zero-order valence-electron chi connectivity index (χ0n) is 21.3. The van der Waals surface area contributed by atoms with Gasteiger partial charge in [0.05, 0.1) is 11.3 Å². The Hall–Kier alpha value is -1.79. The van der Waals surface area contributed by atoms with E-state index in [0.29, 0.717) is 25.5 Å². The normalized spacial score (nSPS) is 37.4. The second kappa shape index (κ2) is 9.02. The first kappa shape index (κ1) is 23.9. The van der Waals surface area contributed by atoms with Crippen molar-refractivity contribution in [3.8, 4) is 0 Å². The molecule has 4 saturated carbocycles. The highest BCUT2D eigenvalue weighted by atomic mass is 16.6. The topological polar surface area (TPSA) is 79.0 Å². The number of hydrogen-bond acceptors (Lipinski definition) is 4. The number of piperidine rings is 2. The Labute approximate surface area is 204 Å². The largest absolute Gasteiger partial charge is 0.444 e. The smallest absolute Gasteiger partial charge is 0.410 e. The molecule has 34 heavy (non-hydrogen) atoms. The van der Waals surface area contributed by atoms with Gasteiger partial charge in [-0.3, -0.25) is 9.59 Å². The lowest BCUT2D eigenvalue weighted by atomic mass is 9.49. The second-order valence-electron chi connectivity index (χ2n) is 13.1. The fourth-order valence-corrected chi connectivity index (χ4v) is 7.99. The summed E-state index contributed by atoms with van der Waals surface area (Å²) in [5.41, 5.74) is -0.654. The molecule has 4 bridgehead atoms. The molecule has 0 unspecified atom stereocenters. The molecule has 3 amide bonds. The van der Waals surface area contributed by atoms with Crippen molar-refractivity contribution in [1.29, 1.82) is 0 Å². The van der Waals surface area contributed by atoms with Crippen molar-refractivity contribution in [1.82, 2.24) is 15.1 Å². The first-order valence-corrected chi connectivity index (χ1v) is 13.7. The summed E-state index contributed by atoms with van der Waals surface area (Å²) in [6.07, 6.45) is 10.4. The molecule has 7 nitrogen and oxygen atoms in total. The van der Waals surface area contributed by atoms with Crippen LogP contribution >= 0.6 is 0 Å². The summed E-state index contributed by atoms with van der Waals surface area (Å²) in [4.78, 5) is 43.1. The summed E-state index contributed by atoms with van der Waals surface area (Å²) in [6, 6.07) is 0.0102. The molecule has 2 heterocycles. The summed E-state index contributed by atoms with van der Waals surface area (Å²) >= 11 is 0. The van der Waals surface area contributed by atoms with Crippen LogP contribution in [0.3, 0.4) is 0 Å². The lowest BCUT2D eigenvalue weighted by molar-refractivity contribution is -0.159. The van der Waals surface area contributed by atoms with Crippen LogP contribution in [0.5, 0.6) is 0 Å². The van der Waals surface area contributed by atoms with Gasteiger partial charge < -0.3 is 19.9 Å². The van der Waals surface area contributed by atoms with Crippen LogP contribution in [0.15, 0.2) is 0 Å². The van der Waals surface area contributed by atoms with Crippen molar-refractivity contribution in [2.45, 2.75) is 96.6 Å². The Bertz CT molecular complexity index is 784. The zero-order valence-corrected chi connectivity index (χ0v) is 21.3. The molecule has 7 heteroatoms. The minimum atomic E-state index is -0.541. The molecule has 0 aromatic rings. The van der Waals surface area contributed by atoms with Crippen molar-refractivity contribution in [2.75, 3.05) is 26.2 Å². The molecule has 6 fully saturated rings. The minimum absolute atomic E-state index is 0.0102.